The molecule has 1 N–H and O–H groups in total. The molecule has 0 aliphatic heterocycles. The topological polar surface area (TPSA) is 59.8 Å². The summed E-state index contributed by atoms with van der Waals surface area (Å²) >= 11 is 0. The highest BCUT2D eigenvalue weighted by molar-refractivity contribution is 5.83. The fourth-order valence-electron chi connectivity index (χ4n) is 3.18. The van der Waals surface area contributed by atoms with Crippen molar-refractivity contribution in [3.63, 3.8) is 0 Å². The van der Waals surface area contributed by atoms with Crippen molar-refractivity contribution in [2.45, 2.75) is 33.7 Å². The first kappa shape index (κ1) is 17.1. The molecule has 0 aliphatic carbocycles. The van der Waals surface area contributed by atoms with Crippen LogP contribution in [-0.2, 0) is 24.8 Å². The van der Waals surface area contributed by atoms with E-state index < -0.39 is 0 Å². The van der Waals surface area contributed by atoms with Crippen molar-refractivity contribution in [2.24, 2.45) is 13.0 Å². The van der Waals surface area contributed by atoms with Crippen LogP contribution in [-0.4, -0.2) is 20.7 Å². The van der Waals surface area contributed by atoms with Gasteiger partial charge in [-0.05, 0) is 37.5 Å². The molecule has 5 heteroatoms. The van der Waals surface area contributed by atoms with Gasteiger partial charge < -0.3 is 5.32 Å². The molecule has 0 saturated carbocycles. The van der Waals surface area contributed by atoms with Crippen molar-refractivity contribution in [1.82, 2.24) is 20.1 Å². The van der Waals surface area contributed by atoms with Crippen LogP contribution in [0.25, 0.3) is 10.9 Å². The first-order valence-corrected chi connectivity index (χ1v) is 8.56. The molecule has 2 heterocycles. The molecule has 0 saturated heterocycles. The second-order valence-electron chi connectivity index (χ2n) is 6.59. The molecule has 0 fully saturated rings. The van der Waals surface area contributed by atoms with Crippen LogP contribution >= 0.6 is 0 Å². The van der Waals surface area contributed by atoms with Crippen molar-refractivity contribution in [3.8, 4) is 0 Å². The Morgan fingerprint density at radius 1 is 1.24 bits per heavy atom. The van der Waals surface area contributed by atoms with Gasteiger partial charge in [0.2, 0.25) is 5.91 Å². The molecule has 3 aromatic rings. The number of rotatable bonds is 5. The highest BCUT2D eigenvalue weighted by Crippen LogP contribution is 2.18. The Balaban J connectivity index is 1.67. The number of aromatic nitrogens is 3. The number of nitrogens with zero attached hydrogens (tertiary/aromatic N) is 3. The summed E-state index contributed by atoms with van der Waals surface area (Å²) in [5, 5.41) is 8.57. The predicted molar refractivity (Wildman–Crippen MR) is 99.1 cm³/mol. The maximum absolute atomic E-state index is 12.5. The number of benzene rings is 1. The Kier molecular flexibility index (Phi) is 4.83. The van der Waals surface area contributed by atoms with Gasteiger partial charge in [-0.3, -0.25) is 14.5 Å². The van der Waals surface area contributed by atoms with E-state index in [4.69, 9.17) is 0 Å². The zero-order chi connectivity index (χ0) is 18.0. The number of hydrogen-bond acceptors (Lipinski definition) is 3. The molecular weight excluding hydrogens is 312 g/mol. The summed E-state index contributed by atoms with van der Waals surface area (Å²) < 4.78 is 1.87. The standard InChI is InChI=1S/C20H24N4O/c1-13(11-18-14(2)23-24(4)15(18)3)20(25)22-12-17-8-5-7-16-9-6-10-21-19(16)17/h5-10,13H,11-12H2,1-4H3,(H,22,25)/t13-/m1/s1. The third kappa shape index (κ3) is 3.55. The van der Waals surface area contributed by atoms with Crippen LogP contribution in [0.5, 0.6) is 0 Å². The van der Waals surface area contributed by atoms with E-state index >= 15 is 0 Å². The summed E-state index contributed by atoms with van der Waals surface area (Å²) in [7, 11) is 1.93. The van der Waals surface area contributed by atoms with Crippen LogP contribution < -0.4 is 5.32 Å². The maximum atomic E-state index is 12.5. The predicted octanol–water partition coefficient (Wildman–Crippen LogP) is 3.08. The lowest BCUT2D eigenvalue weighted by Gasteiger charge is -2.13. The Labute approximate surface area is 148 Å². The average molecular weight is 336 g/mol. The number of nitrogens with one attached hydrogen (secondary N) is 1. The largest absolute Gasteiger partial charge is 0.352 e. The number of pyridine rings is 1. The molecule has 2 aromatic heterocycles. The molecule has 0 spiro atoms. The molecule has 0 unspecified atom stereocenters. The SMILES string of the molecule is Cc1nn(C)c(C)c1C[C@@H](C)C(=O)NCc1cccc2cccnc12. The lowest BCUT2D eigenvalue weighted by Crippen LogP contribution is -2.30. The van der Waals surface area contributed by atoms with Gasteiger partial charge in [-0.2, -0.15) is 5.10 Å². The molecule has 25 heavy (non-hydrogen) atoms. The quantitative estimate of drug-likeness (QED) is 0.779. The summed E-state index contributed by atoms with van der Waals surface area (Å²) in [5.74, 6) is -0.0554. The Hall–Kier alpha value is -2.69. The fraction of sp³-hybridized carbons (Fsp3) is 0.350. The van der Waals surface area contributed by atoms with Gasteiger partial charge in [-0.1, -0.05) is 31.2 Å². The first-order valence-electron chi connectivity index (χ1n) is 8.56. The van der Waals surface area contributed by atoms with Crippen LogP contribution in [0.3, 0.4) is 0 Å². The number of hydrogen-bond donors (Lipinski definition) is 1. The molecule has 0 aliphatic rings. The Morgan fingerprint density at radius 2 is 2.00 bits per heavy atom. The highest BCUT2D eigenvalue weighted by atomic mass is 16.1. The lowest BCUT2D eigenvalue weighted by atomic mass is 9.98. The van der Waals surface area contributed by atoms with E-state index in [0.717, 1.165) is 33.4 Å². The summed E-state index contributed by atoms with van der Waals surface area (Å²) in [6, 6.07) is 9.99. The highest BCUT2D eigenvalue weighted by Gasteiger charge is 2.18. The van der Waals surface area contributed by atoms with Gasteiger partial charge in [0.25, 0.3) is 0 Å². The number of carbonyl (C=O) groups excluding carboxylic acids is 1. The van der Waals surface area contributed by atoms with Crippen LogP contribution in [0.15, 0.2) is 36.5 Å². The third-order valence-electron chi connectivity index (χ3n) is 4.79. The van der Waals surface area contributed by atoms with Gasteiger partial charge in [-0.15, -0.1) is 0 Å². The maximum Gasteiger partial charge on any atom is 0.223 e. The van der Waals surface area contributed by atoms with Crippen LogP contribution in [0.4, 0.5) is 0 Å². The van der Waals surface area contributed by atoms with Crippen molar-refractivity contribution in [1.29, 1.82) is 0 Å². The second kappa shape index (κ2) is 7.05. The number of fused-ring (bicyclic) bond motifs is 1. The second-order valence-corrected chi connectivity index (χ2v) is 6.59. The monoisotopic (exact) mass is 336 g/mol. The molecule has 3 rings (SSSR count). The molecule has 1 aromatic carbocycles. The lowest BCUT2D eigenvalue weighted by molar-refractivity contribution is -0.124. The molecule has 1 amide bonds. The van der Waals surface area contributed by atoms with Gasteiger partial charge >= 0.3 is 0 Å². The summed E-state index contributed by atoms with van der Waals surface area (Å²) in [5.41, 5.74) is 5.26. The van der Waals surface area contributed by atoms with E-state index in [-0.39, 0.29) is 11.8 Å². The average Bonchev–Trinajstić information content (AvgIpc) is 2.85. The Bertz CT molecular complexity index is 908. The minimum Gasteiger partial charge on any atom is -0.352 e. The van der Waals surface area contributed by atoms with Gasteiger partial charge in [0.1, 0.15) is 0 Å². The van der Waals surface area contributed by atoms with Gasteiger partial charge in [0.05, 0.1) is 11.2 Å². The number of para-hydroxylation sites is 1. The van der Waals surface area contributed by atoms with Gasteiger partial charge in [-0.25, -0.2) is 0 Å². The van der Waals surface area contributed by atoms with E-state index in [9.17, 15) is 4.79 Å². The van der Waals surface area contributed by atoms with E-state index in [1.807, 2.05) is 62.8 Å². The minimum atomic E-state index is -0.107. The molecule has 0 radical (unpaired) electrons. The summed E-state index contributed by atoms with van der Waals surface area (Å²) in [6.45, 7) is 6.49. The van der Waals surface area contributed by atoms with Crippen LogP contribution in [0.2, 0.25) is 0 Å². The molecular formula is C20H24N4O. The number of carbonyl (C=O) groups is 1. The van der Waals surface area contributed by atoms with E-state index in [1.54, 1.807) is 6.20 Å². The van der Waals surface area contributed by atoms with E-state index in [2.05, 4.69) is 15.4 Å². The van der Waals surface area contributed by atoms with Gasteiger partial charge in [0, 0.05) is 36.8 Å². The molecule has 1 atom stereocenters. The Morgan fingerprint density at radius 3 is 2.72 bits per heavy atom. The van der Waals surface area contributed by atoms with Crippen LogP contribution in [0, 0.1) is 19.8 Å². The van der Waals surface area contributed by atoms with E-state index in [0.29, 0.717) is 13.0 Å². The third-order valence-corrected chi connectivity index (χ3v) is 4.79. The van der Waals surface area contributed by atoms with Crippen molar-refractivity contribution in [2.75, 3.05) is 0 Å². The molecule has 5 nitrogen and oxygen atoms in total. The summed E-state index contributed by atoms with van der Waals surface area (Å²) in [4.78, 5) is 17.0. The zero-order valence-corrected chi connectivity index (χ0v) is 15.2. The fourth-order valence-corrected chi connectivity index (χ4v) is 3.18. The van der Waals surface area contributed by atoms with Gasteiger partial charge in [0.15, 0.2) is 0 Å². The number of amides is 1. The van der Waals surface area contributed by atoms with Crippen molar-refractivity contribution < 1.29 is 4.79 Å². The van der Waals surface area contributed by atoms with Crippen molar-refractivity contribution >= 4 is 16.8 Å². The molecule has 0 bridgehead atoms. The smallest absolute Gasteiger partial charge is 0.223 e. The normalized spacial score (nSPS) is 12.3. The minimum absolute atomic E-state index is 0.0515. The first-order chi connectivity index (χ1) is 12.0. The zero-order valence-electron chi connectivity index (χ0n) is 15.2. The summed E-state index contributed by atoms with van der Waals surface area (Å²) in [6.07, 6.45) is 2.48. The van der Waals surface area contributed by atoms with Crippen molar-refractivity contribution in [3.05, 3.63) is 59.0 Å². The molecule has 130 valence electrons. The number of aryl methyl sites for hydroxylation is 2. The van der Waals surface area contributed by atoms with Crippen LogP contribution in [0.1, 0.15) is 29.4 Å². The van der Waals surface area contributed by atoms with E-state index in [1.165, 1.54) is 0 Å².